The van der Waals surface area contributed by atoms with Gasteiger partial charge < -0.3 is 10.4 Å². The van der Waals surface area contributed by atoms with Gasteiger partial charge in [0.1, 0.15) is 0 Å². The Hall–Kier alpha value is -0.960. The maximum absolute atomic E-state index is 12.4. The van der Waals surface area contributed by atoms with Gasteiger partial charge in [0.05, 0.1) is 11.3 Å². The van der Waals surface area contributed by atoms with Crippen molar-refractivity contribution >= 4 is 37.5 Å². The summed E-state index contributed by atoms with van der Waals surface area (Å²) in [6, 6.07) is 2.69. The van der Waals surface area contributed by atoms with E-state index in [1.807, 2.05) is 0 Å². The van der Waals surface area contributed by atoms with E-state index in [0.717, 1.165) is 0 Å². The molecule has 2 rings (SSSR count). The van der Waals surface area contributed by atoms with Gasteiger partial charge in [0.25, 0.3) is 0 Å². The number of hydrogen-bond donors (Lipinski definition) is 3. The summed E-state index contributed by atoms with van der Waals surface area (Å²) in [4.78, 5) is 11.5. The summed E-state index contributed by atoms with van der Waals surface area (Å²) in [6.45, 7) is 3.35. The third kappa shape index (κ3) is 3.45. The Labute approximate surface area is 132 Å². The zero-order valence-electron chi connectivity index (χ0n) is 11.7. The Kier molecular flexibility index (Phi) is 4.72. The van der Waals surface area contributed by atoms with E-state index in [0.29, 0.717) is 15.7 Å². The maximum Gasteiger partial charge on any atom is 0.241 e. The number of amides is 1. The number of rotatable bonds is 5. The summed E-state index contributed by atoms with van der Waals surface area (Å²) in [5.74, 6) is -0.349. The molecule has 1 aromatic carbocycles. The normalized spacial score (nSPS) is 17.2. The van der Waals surface area contributed by atoms with E-state index in [1.165, 1.54) is 6.07 Å². The molecule has 0 aromatic heterocycles. The van der Waals surface area contributed by atoms with Gasteiger partial charge in [-0.05, 0) is 46.5 Å². The first-order valence-corrected chi connectivity index (χ1v) is 8.77. The van der Waals surface area contributed by atoms with E-state index in [1.54, 1.807) is 19.9 Å². The van der Waals surface area contributed by atoms with Crippen LogP contribution in [0.2, 0.25) is 0 Å². The summed E-state index contributed by atoms with van der Waals surface area (Å²) >= 11 is 3.23. The molecule has 3 N–H and O–H groups in total. The topological polar surface area (TPSA) is 95.5 Å². The monoisotopic (exact) mass is 376 g/mol. The van der Waals surface area contributed by atoms with Crippen molar-refractivity contribution in [3.8, 4) is 0 Å². The Balaban J connectivity index is 2.33. The van der Waals surface area contributed by atoms with Gasteiger partial charge in [-0.1, -0.05) is 6.92 Å². The number of aliphatic hydroxyl groups excluding tert-OH is 1. The van der Waals surface area contributed by atoms with Crippen LogP contribution in [0.3, 0.4) is 0 Å². The van der Waals surface area contributed by atoms with Gasteiger partial charge in [-0.2, -0.15) is 0 Å². The number of halogens is 1. The lowest BCUT2D eigenvalue weighted by atomic mass is 10.1. The van der Waals surface area contributed by atoms with Gasteiger partial charge in [-0.3, -0.25) is 4.79 Å². The van der Waals surface area contributed by atoms with Gasteiger partial charge in [0.15, 0.2) is 0 Å². The largest absolute Gasteiger partial charge is 0.396 e. The van der Waals surface area contributed by atoms with Crippen LogP contribution in [-0.4, -0.2) is 32.1 Å². The van der Waals surface area contributed by atoms with Crippen molar-refractivity contribution in [2.75, 3.05) is 11.9 Å². The number of carbonyl (C=O) groups is 1. The number of aliphatic hydroxyl groups is 1. The van der Waals surface area contributed by atoms with Crippen LogP contribution in [0.1, 0.15) is 19.4 Å². The van der Waals surface area contributed by atoms with Crippen LogP contribution in [0.15, 0.2) is 21.5 Å². The number of carbonyl (C=O) groups excluding carboxylic acids is 1. The molecule has 1 aromatic rings. The van der Waals surface area contributed by atoms with Crippen molar-refractivity contribution in [1.29, 1.82) is 0 Å². The lowest BCUT2D eigenvalue weighted by Crippen LogP contribution is -2.38. The van der Waals surface area contributed by atoms with Gasteiger partial charge in [0.2, 0.25) is 15.9 Å². The average Bonchev–Trinajstić information content (AvgIpc) is 2.75. The van der Waals surface area contributed by atoms with Crippen molar-refractivity contribution in [3.63, 3.8) is 0 Å². The Morgan fingerprint density at radius 3 is 2.71 bits per heavy atom. The number of fused-ring (bicyclic) bond motifs is 1. The molecular weight excluding hydrogens is 360 g/mol. The second kappa shape index (κ2) is 6.04. The van der Waals surface area contributed by atoms with E-state index >= 15 is 0 Å². The van der Waals surface area contributed by atoms with E-state index in [9.17, 15) is 13.2 Å². The highest BCUT2D eigenvalue weighted by atomic mass is 79.9. The first-order chi connectivity index (χ1) is 9.74. The average molecular weight is 377 g/mol. The predicted octanol–water partition coefficient (Wildman–Crippen LogP) is 1.24. The molecule has 0 saturated carbocycles. The van der Waals surface area contributed by atoms with Crippen molar-refractivity contribution in [1.82, 2.24) is 4.72 Å². The highest BCUT2D eigenvalue weighted by Gasteiger charge is 2.27. The van der Waals surface area contributed by atoms with E-state index in [4.69, 9.17) is 5.11 Å². The standard InChI is InChI=1S/C13H17BrN2O4S/c1-7(6-17)8(2)16-21(19,20)12-3-9-4-13(18)15-11(9)5-10(12)14/h3,5,7-8,16-17H,4,6H2,1-2H3,(H,15,18). The highest BCUT2D eigenvalue weighted by Crippen LogP contribution is 2.32. The molecule has 21 heavy (non-hydrogen) atoms. The molecule has 1 aliphatic rings. The van der Waals surface area contributed by atoms with Crippen molar-refractivity contribution in [2.24, 2.45) is 5.92 Å². The van der Waals surface area contributed by atoms with Gasteiger partial charge >= 0.3 is 0 Å². The number of anilines is 1. The van der Waals surface area contributed by atoms with Crippen molar-refractivity contribution in [2.45, 2.75) is 31.2 Å². The van der Waals surface area contributed by atoms with E-state index in [-0.39, 0.29) is 29.7 Å². The quantitative estimate of drug-likeness (QED) is 0.720. The number of benzene rings is 1. The third-order valence-corrected chi connectivity index (χ3v) is 6.07. The highest BCUT2D eigenvalue weighted by molar-refractivity contribution is 9.10. The molecule has 1 aliphatic heterocycles. The van der Waals surface area contributed by atoms with Crippen LogP contribution >= 0.6 is 15.9 Å². The van der Waals surface area contributed by atoms with Gasteiger partial charge in [0, 0.05) is 22.8 Å². The minimum Gasteiger partial charge on any atom is -0.396 e. The molecule has 0 aliphatic carbocycles. The summed E-state index contributed by atoms with van der Waals surface area (Å²) in [7, 11) is -3.73. The molecule has 116 valence electrons. The van der Waals surface area contributed by atoms with Crippen molar-refractivity contribution < 1.29 is 18.3 Å². The Morgan fingerprint density at radius 1 is 1.43 bits per heavy atom. The molecule has 0 spiro atoms. The molecule has 1 heterocycles. The molecule has 1 amide bonds. The van der Waals surface area contributed by atoms with Crippen LogP contribution in [0.25, 0.3) is 0 Å². The first kappa shape index (κ1) is 16.4. The zero-order valence-corrected chi connectivity index (χ0v) is 14.1. The Bertz CT molecular complexity index is 675. The summed E-state index contributed by atoms with van der Waals surface area (Å²) < 4.78 is 27.8. The molecule has 6 nitrogen and oxygen atoms in total. The number of hydrogen-bond acceptors (Lipinski definition) is 4. The van der Waals surface area contributed by atoms with Crippen LogP contribution in [0, 0.1) is 5.92 Å². The van der Waals surface area contributed by atoms with Crippen molar-refractivity contribution in [3.05, 3.63) is 22.2 Å². The summed E-state index contributed by atoms with van der Waals surface area (Å²) in [6.07, 6.45) is 0.174. The fraction of sp³-hybridized carbons (Fsp3) is 0.462. The molecule has 0 saturated heterocycles. The minimum atomic E-state index is -3.73. The van der Waals surface area contributed by atoms with Gasteiger partial charge in [-0.25, -0.2) is 13.1 Å². The predicted molar refractivity (Wildman–Crippen MR) is 82.5 cm³/mol. The lowest BCUT2D eigenvalue weighted by Gasteiger charge is -2.20. The van der Waals surface area contributed by atoms with Crippen LogP contribution < -0.4 is 10.0 Å². The molecular formula is C13H17BrN2O4S. The zero-order chi connectivity index (χ0) is 15.8. The Morgan fingerprint density at radius 2 is 2.10 bits per heavy atom. The number of nitrogens with one attached hydrogen (secondary N) is 2. The van der Waals surface area contributed by atoms with E-state index < -0.39 is 16.1 Å². The molecule has 2 unspecified atom stereocenters. The van der Waals surface area contributed by atoms with Crippen LogP contribution in [0.5, 0.6) is 0 Å². The van der Waals surface area contributed by atoms with Gasteiger partial charge in [-0.15, -0.1) is 0 Å². The molecule has 2 atom stereocenters. The minimum absolute atomic E-state index is 0.0924. The fourth-order valence-corrected chi connectivity index (χ4v) is 4.46. The smallest absolute Gasteiger partial charge is 0.241 e. The third-order valence-electron chi connectivity index (χ3n) is 3.55. The number of sulfonamides is 1. The van der Waals surface area contributed by atoms with Crippen LogP contribution in [-0.2, 0) is 21.2 Å². The summed E-state index contributed by atoms with van der Waals surface area (Å²) in [5.41, 5.74) is 1.29. The summed E-state index contributed by atoms with van der Waals surface area (Å²) in [5, 5.41) is 11.8. The first-order valence-electron chi connectivity index (χ1n) is 6.50. The molecule has 0 fully saturated rings. The second-order valence-corrected chi connectivity index (χ2v) is 7.77. The van der Waals surface area contributed by atoms with E-state index in [2.05, 4.69) is 26.0 Å². The fourth-order valence-electron chi connectivity index (χ4n) is 2.01. The molecule has 0 bridgehead atoms. The van der Waals surface area contributed by atoms with Crippen LogP contribution in [0.4, 0.5) is 5.69 Å². The lowest BCUT2D eigenvalue weighted by molar-refractivity contribution is -0.115. The maximum atomic E-state index is 12.4. The second-order valence-electron chi connectivity index (χ2n) is 5.23. The molecule has 8 heteroatoms. The molecule has 0 radical (unpaired) electrons. The SMILES string of the molecule is CC(CO)C(C)NS(=O)(=O)c1cc2c(cc1Br)NC(=O)C2.